The first kappa shape index (κ1) is 26.8. The number of piperidine rings is 1. The zero-order valence-electron chi connectivity index (χ0n) is 21.2. The van der Waals surface area contributed by atoms with Gasteiger partial charge in [0.05, 0.1) is 30.6 Å². The molecular weight excluding hydrogens is 483 g/mol. The molecule has 1 heterocycles. The number of nitriles is 1. The molecule has 1 saturated carbocycles. The van der Waals surface area contributed by atoms with E-state index in [0.29, 0.717) is 24.2 Å². The van der Waals surface area contributed by atoms with Gasteiger partial charge in [0.25, 0.3) is 5.92 Å². The Kier molecular flexibility index (Phi) is 7.43. The van der Waals surface area contributed by atoms with Crippen LogP contribution in [-0.2, 0) is 4.74 Å². The topological polar surface area (TPSA) is 88.6 Å². The Balaban J connectivity index is 1.71. The minimum Gasteiger partial charge on any atom is -0.489 e. The Labute approximate surface area is 215 Å². The number of benzene rings is 2. The van der Waals surface area contributed by atoms with Crippen molar-refractivity contribution in [3.05, 3.63) is 65.5 Å². The monoisotopic (exact) mass is 515 g/mol. The summed E-state index contributed by atoms with van der Waals surface area (Å²) in [5, 5.41) is 9.11. The number of carbonyl (C=O) groups excluding carboxylic acids is 1. The predicted octanol–water partition coefficient (Wildman–Crippen LogP) is 5.61. The van der Waals surface area contributed by atoms with E-state index < -0.39 is 54.7 Å². The largest absolute Gasteiger partial charge is 0.489 e. The molecule has 0 bridgehead atoms. The lowest BCUT2D eigenvalue weighted by molar-refractivity contribution is -0.169. The summed E-state index contributed by atoms with van der Waals surface area (Å²) >= 11 is 0. The molecule has 0 aromatic heterocycles. The number of rotatable bonds is 5. The van der Waals surface area contributed by atoms with Crippen LogP contribution in [0.1, 0.15) is 57.1 Å². The first-order valence-corrected chi connectivity index (χ1v) is 12.4. The van der Waals surface area contributed by atoms with Gasteiger partial charge in [-0.15, -0.1) is 0 Å². The molecule has 5 atom stereocenters. The van der Waals surface area contributed by atoms with Gasteiger partial charge in [-0.25, -0.2) is 18.0 Å². The van der Waals surface area contributed by atoms with Crippen molar-refractivity contribution in [2.45, 2.75) is 76.2 Å². The van der Waals surface area contributed by atoms with Crippen LogP contribution in [0.5, 0.6) is 5.75 Å². The quantitative estimate of drug-likeness (QED) is 0.559. The van der Waals surface area contributed by atoms with E-state index in [1.54, 1.807) is 41.3 Å². The summed E-state index contributed by atoms with van der Waals surface area (Å²) in [4.78, 5) is 13.4. The fraction of sp³-hybridized carbons (Fsp3) is 0.500. The Morgan fingerprint density at radius 2 is 1.73 bits per heavy atom. The van der Waals surface area contributed by atoms with E-state index in [0.717, 1.165) is 5.56 Å². The lowest BCUT2D eigenvalue weighted by Gasteiger charge is -2.52. The van der Waals surface area contributed by atoms with Crippen LogP contribution in [0.3, 0.4) is 0 Å². The number of hydrogen-bond donors (Lipinski definition) is 1. The van der Waals surface area contributed by atoms with Gasteiger partial charge in [0, 0.05) is 6.04 Å². The molecule has 1 aliphatic carbocycles. The first-order chi connectivity index (χ1) is 17.4. The second-order valence-corrected chi connectivity index (χ2v) is 11.1. The van der Waals surface area contributed by atoms with Crippen LogP contribution in [0.4, 0.5) is 18.0 Å². The zero-order chi connectivity index (χ0) is 27.0. The molecule has 2 fully saturated rings. The molecule has 0 radical (unpaired) electrons. The number of alkyl halides is 2. The second-order valence-electron chi connectivity index (χ2n) is 11.1. The van der Waals surface area contributed by atoms with Crippen LogP contribution in [-0.4, -0.2) is 47.8 Å². The average molecular weight is 516 g/mol. The fourth-order valence-corrected chi connectivity index (χ4v) is 5.93. The normalized spacial score (nSPS) is 27.9. The lowest BCUT2D eigenvalue weighted by atomic mass is 9.77. The molecule has 2 aliphatic rings. The number of ether oxygens (including phenoxy) is 2. The third-order valence-electron chi connectivity index (χ3n) is 7.29. The standard InChI is InChI=1S/C28H32F3N3O3/c1-27(2,3)25-24(37-26(33)35)14-28(30,31)16-34(25)22-12-19(18-6-8-20(29)9-7-18)13-23(22)36-21-10-4-17(15-32)5-11-21/h4-11,19,22-25H,12-14,16H2,1-3H3,(H2,33,35)/t19?,22?,23?,24-,25?/m1/s1. The molecule has 0 spiro atoms. The summed E-state index contributed by atoms with van der Waals surface area (Å²) < 4.78 is 55.4. The van der Waals surface area contributed by atoms with Crippen LogP contribution >= 0.6 is 0 Å². The van der Waals surface area contributed by atoms with Crippen molar-refractivity contribution in [3.63, 3.8) is 0 Å². The number of halogens is 3. The summed E-state index contributed by atoms with van der Waals surface area (Å²) in [6.45, 7) is 5.26. The first-order valence-electron chi connectivity index (χ1n) is 12.4. The Bertz CT molecular complexity index is 1140. The van der Waals surface area contributed by atoms with Gasteiger partial charge >= 0.3 is 6.09 Å². The molecule has 1 aliphatic heterocycles. The second kappa shape index (κ2) is 10.3. The third-order valence-corrected chi connectivity index (χ3v) is 7.29. The van der Waals surface area contributed by atoms with Crippen molar-refractivity contribution in [2.75, 3.05) is 6.54 Å². The molecule has 6 nitrogen and oxygen atoms in total. The van der Waals surface area contributed by atoms with Gasteiger partial charge in [-0.2, -0.15) is 5.26 Å². The average Bonchev–Trinajstić information content (AvgIpc) is 3.21. The van der Waals surface area contributed by atoms with Gasteiger partial charge in [0.1, 0.15) is 23.8 Å². The van der Waals surface area contributed by atoms with Crippen molar-refractivity contribution < 1.29 is 27.4 Å². The zero-order valence-corrected chi connectivity index (χ0v) is 21.2. The molecule has 2 aromatic carbocycles. The smallest absolute Gasteiger partial charge is 0.404 e. The highest BCUT2D eigenvalue weighted by Gasteiger charge is 2.55. The maximum absolute atomic E-state index is 15.1. The Hall–Kier alpha value is -3.25. The van der Waals surface area contributed by atoms with Gasteiger partial charge in [-0.05, 0) is 66.1 Å². The Morgan fingerprint density at radius 3 is 2.30 bits per heavy atom. The van der Waals surface area contributed by atoms with Gasteiger partial charge in [0.15, 0.2) is 0 Å². The number of nitrogens with zero attached hydrogens (tertiary/aromatic N) is 2. The third kappa shape index (κ3) is 6.19. The van der Waals surface area contributed by atoms with Crippen molar-refractivity contribution in [3.8, 4) is 11.8 Å². The van der Waals surface area contributed by atoms with Crippen molar-refractivity contribution >= 4 is 6.09 Å². The van der Waals surface area contributed by atoms with Crippen LogP contribution in [0, 0.1) is 22.6 Å². The minimum atomic E-state index is -3.10. The van der Waals surface area contributed by atoms with E-state index in [1.165, 1.54) is 12.1 Å². The van der Waals surface area contributed by atoms with Crippen LogP contribution in [0.25, 0.3) is 0 Å². The minimum absolute atomic E-state index is 0.0549. The van der Waals surface area contributed by atoms with E-state index in [-0.39, 0.29) is 11.7 Å². The van der Waals surface area contributed by atoms with Crippen LogP contribution in [0.2, 0.25) is 0 Å². The molecule has 198 valence electrons. The van der Waals surface area contributed by atoms with Gasteiger partial charge in [-0.1, -0.05) is 32.9 Å². The summed E-state index contributed by atoms with van der Waals surface area (Å²) in [6, 6.07) is 13.9. The number of nitrogens with two attached hydrogens (primary N) is 1. The maximum atomic E-state index is 15.1. The highest BCUT2D eigenvalue weighted by atomic mass is 19.3. The van der Waals surface area contributed by atoms with Gasteiger partial charge in [-0.3, -0.25) is 4.90 Å². The summed E-state index contributed by atoms with van der Waals surface area (Å²) in [5.74, 6) is -2.98. The van der Waals surface area contributed by atoms with E-state index in [2.05, 4.69) is 6.07 Å². The highest BCUT2D eigenvalue weighted by molar-refractivity contribution is 5.65. The molecule has 9 heteroatoms. The van der Waals surface area contributed by atoms with E-state index in [1.807, 2.05) is 20.8 Å². The van der Waals surface area contributed by atoms with E-state index in [4.69, 9.17) is 20.5 Å². The number of amides is 1. The highest BCUT2D eigenvalue weighted by Crippen LogP contribution is 2.46. The summed E-state index contributed by atoms with van der Waals surface area (Å²) in [6.07, 6.45) is -2.24. The molecule has 2 N–H and O–H groups in total. The molecule has 4 unspecified atom stereocenters. The van der Waals surface area contributed by atoms with E-state index in [9.17, 15) is 9.18 Å². The Morgan fingerprint density at radius 1 is 1.08 bits per heavy atom. The molecule has 2 aromatic rings. The van der Waals surface area contributed by atoms with Crippen LogP contribution in [0.15, 0.2) is 48.5 Å². The SMILES string of the molecule is CC(C)(C)C1[C@H](OC(N)=O)CC(F)(F)CN1C1CC(c2ccc(F)cc2)CC1Oc1ccc(C#N)cc1. The molecule has 4 rings (SSSR count). The van der Waals surface area contributed by atoms with E-state index >= 15 is 8.78 Å². The number of primary amides is 1. The fourth-order valence-electron chi connectivity index (χ4n) is 5.93. The molecule has 37 heavy (non-hydrogen) atoms. The number of hydrogen-bond acceptors (Lipinski definition) is 5. The van der Waals surface area contributed by atoms with Crippen LogP contribution < -0.4 is 10.5 Å². The predicted molar refractivity (Wildman–Crippen MR) is 132 cm³/mol. The molecule has 1 amide bonds. The molecular formula is C28H32F3N3O3. The van der Waals surface area contributed by atoms with Crippen molar-refractivity contribution in [1.82, 2.24) is 4.90 Å². The summed E-state index contributed by atoms with van der Waals surface area (Å²) in [7, 11) is 0. The van der Waals surface area contributed by atoms with Crippen molar-refractivity contribution in [2.24, 2.45) is 11.1 Å². The molecule has 1 saturated heterocycles. The maximum Gasteiger partial charge on any atom is 0.404 e. The summed E-state index contributed by atoms with van der Waals surface area (Å²) in [5.41, 5.74) is 6.13. The van der Waals surface area contributed by atoms with Crippen molar-refractivity contribution in [1.29, 1.82) is 5.26 Å². The van der Waals surface area contributed by atoms with Gasteiger partial charge in [0.2, 0.25) is 0 Å². The lowest BCUT2D eigenvalue weighted by Crippen LogP contribution is -2.65. The van der Waals surface area contributed by atoms with Gasteiger partial charge < -0.3 is 15.2 Å². The number of carbonyl (C=O) groups is 1. The number of likely N-dealkylation sites (tertiary alicyclic amines) is 1.